The van der Waals surface area contributed by atoms with Crippen LogP contribution in [0.2, 0.25) is 0 Å². The Morgan fingerprint density at radius 3 is 2.89 bits per heavy atom. The number of ether oxygens (including phenoxy) is 1. The topological polar surface area (TPSA) is 92.9 Å². The Labute approximate surface area is 109 Å². The maximum absolute atomic E-state index is 11.8. The van der Waals surface area contributed by atoms with E-state index in [9.17, 15) is 20.0 Å². The van der Waals surface area contributed by atoms with E-state index in [-0.39, 0.29) is 24.0 Å². The van der Waals surface area contributed by atoms with Crippen molar-refractivity contribution in [3.8, 4) is 5.75 Å². The first kappa shape index (κ1) is 13.3. The Bertz CT molecular complexity index is 491. The van der Waals surface area contributed by atoms with Gasteiger partial charge in [0.05, 0.1) is 11.0 Å². The average Bonchev–Trinajstić information content (AvgIpc) is 2.83. The summed E-state index contributed by atoms with van der Waals surface area (Å²) in [6, 6.07) is 5.90. The molecule has 1 aromatic carbocycles. The number of rotatable bonds is 4. The van der Waals surface area contributed by atoms with Crippen LogP contribution in [0.25, 0.3) is 0 Å². The van der Waals surface area contributed by atoms with Crippen LogP contribution in [-0.4, -0.2) is 46.6 Å². The van der Waals surface area contributed by atoms with E-state index in [1.165, 1.54) is 23.1 Å². The zero-order valence-corrected chi connectivity index (χ0v) is 10.2. The smallest absolute Gasteiger partial charge is 0.310 e. The van der Waals surface area contributed by atoms with Gasteiger partial charge in [0.15, 0.2) is 12.4 Å². The van der Waals surface area contributed by atoms with Crippen molar-refractivity contribution in [1.29, 1.82) is 0 Å². The number of nitro benzene ring substituents is 1. The Balaban J connectivity index is 1.95. The maximum Gasteiger partial charge on any atom is 0.310 e. The second kappa shape index (κ2) is 5.66. The highest BCUT2D eigenvalue weighted by molar-refractivity contribution is 5.78. The van der Waals surface area contributed by atoms with Crippen molar-refractivity contribution in [2.24, 2.45) is 0 Å². The minimum Gasteiger partial charge on any atom is -0.477 e. The van der Waals surface area contributed by atoms with Gasteiger partial charge in [-0.3, -0.25) is 14.9 Å². The molecule has 0 bridgehead atoms. The molecule has 1 aliphatic rings. The number of β-amino-alcohol motifs (C(OH)–C–C–N with tert-alkyl or cyclic N) is 1. The van der Waals surface area contributed by atoms with Crippen LogP contribution in [0.5, 0.6) is 5.75 Å². The number of carbonyl (C=O) groups excluding carboxylic acids is 1. The van der Waals surface area contributed by atoms with Gasteiger partial charge in [0.25, 0.3) is 5.91 Å². The van der Waals surface area contributed by atoms with Gasteiger partial charge in [-0.1, -0.05) is 12.1 Å². The van der Waals surface area contributed by atoms with Crippen molar-refractivity contribution in [1.82, 2.24) is 4.90 Å². The third kappa shape index (κ3) is 3.19. The van der Waals surface area contributed by atoms with Crippen molar-refractivity contribution in [2.45, 2.75) is 12.5 Å². The molecule has 1 atom stereocenters. The van der Waals surface area contributed by atoms with Gasteiger partial charge >= 0.3 is 5.69 Å². The van der Waals surface area contributed by atoms with Crippen molar-refractivity contribution in [2.75, 3.05) is 19.7 Å². The number of benzene rings is 1. The molecule has 0 aliphatic carbocycles. The fourth-order valence-electron chi connectivity index (χ4n) is 1.93. The predicted molar refractivity (Wildman–Crippen MR) is 65.8 cm³/mol. The first-order chi connectivity index (χ1) is 9.08. The lowest BCUT2D eigenvalue weighted by Gasteiger charge is -2.15. The Morgan fingerprint density at radius 1 is 1.53 bits per heavy atom. The van der Waals surface area contributed by atoms with Gasteiger partial charge in [-0.25, -0.2) is 0 Å². The number of nitro groups is 1. The normalized spacial score (nSPS) is 18.4. The van der Waals surface area contributed by atoms with Crippen LogP contribution in [0.15, 0.2) is 24.3 Å². The number of aliphatic hydroxyl groups is 1. The highest BCUT2D eigenvalue weighted by Gasteiger charge is 2.25. The molecule has 1 heterocycles. The Kier molecular flexibility index (Phi) is 3.96. The number of aliphatic hydroxyl groups excluding tert-OH is 1. The van der Waals surface area contributed by atoms with Gasteiger partial charge in [0, 0.05) is 19.2 Å². The monoisotopic (exact) mass is 266 g/mol. The standard InChI is InChI=1S/C12H14N2O5/c15-9-5-6-13(7-9)12(16)8-19-11-4-2-1-3-10(11)14(17)18/h1-4,9,15H,5-8H2. The van der Waals surface area contributed by atoms with E-state index < -0.39 is 11.0 Å². The second-order valence-electron chi connectivity index (χ2n) is 4.30. The Hall–Kier alpha value is -2.15. The fraction of sp³-hybridized carbons (Fsp3) is 0.417. The van der Waals surface area contributed by atoms with E-state index in [1.807, 2.05) is 0 Å². The van der Waals surface area contributed by atoms with E-state index in [1.54, 1.807) is 6.07 Å². The van der Waals surface area contributed by atoms with E-state index in [0.29, 0.717) is 19.5 Å². The molecular weight excluding hydrogens is 252 g/mol. The van der Waals surface area contributed by atoms with Gasteiger partial charge in [0.2, 0.25) is 0 Å². The lowest BCUT2D eigenvalue weighted by molar-refractivity contribution is -0.385. The lowest BCUT2D eigenvalue weighted by atomic mass is 10.3. The number of amides is 1. The van der Waals surface area contributed by atoms with E-state index in [4.69, 9.17) is 4.74 Å². The van der Waals surface area contributed by atoms with Gasteiger partial charge in [-0.15, -0.1) is 0 Å². The molecule has 1 amide bonds. The Morgan fingerprint density at radius 2 is 2.26 bits per heavy atom. The zero-order chi connectivity index (χ0) is 13.8. The molecule has 1 aliphatic heterocycles. The van der Waals surface area contributed by atoms with Crippen molar-refractivity contribution < 1.29 is 19.6 Å². The van der Waals surface area contributed by atoms with Crippen LogP contribution >= 0.6 is 0 Å². The number of carbonyl (C=O) groups is 1. The van der Waals surface area contributed by atoms with Crippen LogP contribution in [0, 0.1) is 10.1 Å². The van der Waals surface area contributed by atoms with Crippen molar-refractivity contribution in [3.63, 3.8) is 0 Å². The molecule has 1 saturated heterocycles. The van der Waals surface area contributed by atoms with E-state index in [0.717, 1.165) is 0 Å². The molecule has 0 spiro atoms. The average molecular weight is 266 g/mol. The SMILES string of the molecule is O=C(COc1ccccc1[N+](=O)[O-])N1CCC(O)C1. The molecule has 2 rings (SSSR count). The first-order valence-electron chi connectivity index (χ1n) is 5.90. The number of para-hydroxylation sites is 2. The molecule has 1 N–H and O–H groups in total. The van der Waals surface area contributed by atoms with E-state index >= 15 is 0 Å². The minimum absolute atomic E-state index is 0.0700. The molecule has 0 aromatic heterocycles. The summed E-state index contributed by atoms with van der Waals surface area (Å²) in [6.07, 6.45) is 0.0621. The predicted octanol–water partition coefficient (Wildman–Crippen LogP) is 0.567. The van der Waals surface area contributed by atoms with E-state index in [2.05, 4.69) is 0 Å². The number of hydrogen-bond acceptors (Lipinski definition) is 5. The molecule has 102 valence electrons. The lowest BCUT2D eigenvalue weighted by Crippen LogP contribution is -2.33. The summed E-state index contributed by atoms with van der Waals surface area (Å²) in [5.41, 5.74) is -0.170. The third-order valence-corrected chi connectivity index (χ3v) is 2.93. The molecule has 1 aromatic rings. The minimum atomic E-state index is -0.556. The number of hydrogen-bond donors (Lipinski definition) is 1. The summed E-state index contributed by atoms with van der Waals surface area (Å²) in [4.78, 5) is 23.5. The van der Waals surface area contributed by atoms with Crippen LogP contribution in [0.4, 0.5) is 5.69 Å². The zero-order valence-electron chi connectivity index (χ0n) is 10.2. The molecule has 0 saturated carbocycles. The van der Waals surface area contributed by atoms with Gasteiger partial charge < -0.3 is 14.7 Å². The molecule has 7 heteroatoms. The van der Waals surface area contributed by atoms with Gasteiger partial charge in [-0.2, -0.15) is 0 Å². The summed E-state index contributed by atoms with van der Waals surface area (Å²) in [6.45, 7) is 0.511. The molecule has 0 radical (unpaired) electrons. The summed E-state index contributed by atoms with van der Waals surface area (Å²) < 4.78 is 5.19. The largest absolute Gasteiger partial charge is 0.477 e. The fourth-order valence-corrected chi connectivity index (χ4v) is 1.93. The quantitative estimate of drug-likeness (QED) is 0.635. The van der Waals surface area contributed by atoms with Gasteiger partial charge in [-0.05, 0) is 12.5 Å². The molecule has 1 unspecified atom stereocenters. The highest BCUT2D eigenvalue weighted by Crippen LogP contribution is 2.25. The van der Waals surface area contributed by atoms with Crippen molar-refractivity contribution in [3.05, 3.63) is 34.4 Å². The van der Waals surface area contributed by atoms with Crippen LogP contribution in [0.1, 0.15) is 6.42 Å². The molecular formula is C12H14N2O5. The summed E-state index contributed by atoms with van der Waals surface area (Å²) >= 11 is 0. The maximum atomic E-state index is 11.8. The highest BCUT2D eigenvalue weighted by atomic mass is 16.6. The van der Waals surface area contributed by atoms with Crippen LogP contribution < -0.4 is 4.74 Å². The van der Waals surface area contributed by atoms with Crippen LogP contribution in [0.3, 0.4) is 0 Å². The van der Waals surface area contributed by atoms with Gasteiger partial charge in [0.1, 0.15) is 0 Å². The third-order valence-electron chi connectivity index (χ3n) is 2.93. The first-order valence-corrected chi connectivity index (χ1v) is 5.90. The van der Waals surface area contributed by atoms with Crippen LogP contribution in [-0.2, 0) is 4.79 Å². The molecule has 19 heavy (non-hydrogen) atoms. The summed E-state index contributed by atoms with van der Waals surface area (Å²) in [5.74, 6) is -0.213. The van der Waals surface area contributed by atoms with Crippen molar-refractivity contribution >= 4 is 11.6 Å². The second-order valence-corrected chi connectivity index (χ2v) is 4.30. The summed E-state index contributed by atoms with van der Waals surface area (Å²) in [5, 5.41) is 20.1. The summed E-state index contributed by atoms with van der Waals surface area (Å²) in [7, 11) is 0. The number of nitrogens with zero attached hydrogens (tertiary/aromatic N) is 2. The molecule has 1 fully saturated rings. The number of likely N-dealkylation sites (tertiary alicyclic amines) is 1. The molecule has 7 nitrogen and oxygen atoms in total.